The van der Waals surface area contributed by atoms with Crippen molar-refractivity contribution in [2.24, 2.45) is 0 Å². The van der Waals surface area contributed by atoms with E-state index in [0.717, 1.165) is 37.1 Å². The molecule has 0 saturated carbocycles. The molecular weight excluding hydrogens is 478 g/mol. The number of hydrogen-bond acceptors (Lipinski definition) is 2. The summed E-state index contributed by atoms with van der Waals surface area (Å²) in [6.07, 6.45) is -7.19. The lowest BCUT2D eigenvalue weighted by molar-refractivity contribution is -0.137. The van der Waals surface area contributed by atoms with Crippen LogP contribution in [-0.2, 0) is 12.6 Å². The Kier molecular flexibility index (Phi) is 6.39. The average molecular weight is 505 g/mol. The van der Waals surface area contributed by atoms with Crippen molar-refractivity contribution >= 4 is 11.4 Å². The molecule has 2 unspecified atom stereocenters. The Hall–Kier alpha value is -3.16. The Morgan fingerprint density at radius 1 is 0.778 bits per heavy atom. The first kappa shape index (κ1) is 24.5. The molecule has 0 amide bonds. The van der Waals surface area contributed by atoms with Gasteiger partial charge in [-0.05, 0) is 60.2 Å². The summed E-state index contributed by atoms with van der Waals surface area (Å²) in [6.45, 7) is -0.0499. The van der Waals surface area contributed by atoms with E-state index >= 15 is 0 Å². The number of rotatable bonds is 4. The zero-order chi connectivity index (χ0) is 25.5. The summed E-state index contributed by atoms with van der Waals surface area (Å²) >= 11 is 0. The molecule has 0 radical (unpaired) electrons. The van der Waals surface area contributed by atoms with Gasteiger partial charge < -0.3 is 9.80 Å². The molecule has 3 aromatic rings. The van der Waals surface area contributed by atoms with Gasteiger partial charge in [-0.3, -0.25) is 0 Å². The summed E-state index contributed by atoms with van der Waals surface area (Å²) in [4.78, 5) is 3.81. The maximum atomic E-state index is 13.5. The third-order valence-electron chi connectivity index (χ3n) is 7.20. The van der Waals surface area contributed by atoms with Crippen molar-refractivity contribution in [2.75, 3.05) is 22.9 Å². The molecule has 0 spiro atoms. The first-order valence-corrected chi connectivity index (χ1v) is 12.1. The molecule has 1 aliphatic heterocycles. The summed E-state index contributed by atoms with van der Waals surface area (Å²) < 4.78 is 80.5. The van der Waals surface area contributed by atoms with Crippen LogP contribution in [0, 0.1) is 0 Å². The number of benzene rings is 3. The highest BCUT2D eigenvalue weighted by Crippen LogP contribution is 2.47. The number of para-hydroxylation sites is 2. The maximum absolute atomic E-state index is 13.5. The van der Waals surface area contributed by atoms with Crippen molar-refractivity contribution in [3.8, 4) is 0 Å². The highest BCUT2D eigenvalue weighted by atomic mass is 19.4. The van der Waals surface area contributed by atoms with Gasteiger partial charge in [-0.25, -0.2) is 0 Å². The van der Waals surface area contributed by atoms with Crippen LogP contribution in [0.25, 0.3) is 0 Å². The quantitative estimate of drug-likeness (QED) is 0.331. The number of fused-ring (bicyclic) bond motifs is 2. The van der Waals surface area contributed by atoms with Crippen LogP contribution in [0.5, 0.6) is 0 Å². The first-order chi connectivity index (χ1) is 17.1. The molecular formula is C28H26F6N2. The van der Waals surface area contributed by atoms with E-state index in [1.165, 1.54) is 17.2 Å². The van der Waals surface area contributed by atoms with Gasteiger partial charge in [0.2, 0.25) is 0 Å². The molecule has 5 rings (SSSR count). The molecule has 1 aliphatic carbocycles. The maximum Gasteiger partial charge on any atom is 0.416 e. The first-order valence-electron chi connectivity index (χ1n) is 12.1. The van der Waals surface area contributed by atoms with Gasteiger partial charge in [-0.2, -0.15) is 26.3 Å². The molecule has 0 aromatic heterocycles. The van der Waals surface area contributed by atoms with E-state index in [1.54, 1.807) is 23.1 Å². The largest absolute Gasteiger partial charge is 0.416 e. The van der Waals surface area contributed by atoms with Crippen molar-refractivity contribution in [3.05, 3.63) is 95.1 Å². The van der Waals surface area contributed by atoms with Crippen molar-refractivity contribution < 1.29 is 26.3 Å². The molecule has 2 nitrogen and oxygen atoms in total. The molecule has 2 atom stereocenters. The van der Waals surface area contributed by atoms with Crippen LogP contribution >= 0.6 is 0 Å². The molecule has 8 heteroatoms. The minimum Gasteiger partial charge on any atom is -0.361 e. The Bertz CT molecular complexity index is 1220. The van der Waals surface area contributed by atoms with Gasteiger partial charge >= 0.3 is 12.4 Å². The summed E-state index contributed by atoms with van der Waals surface area (Å²) in [5.74, 6) is 0. The van der Waals surface area contributed by atoms with E-state index in [1.807, 2.05) is 24.3 Å². The van der Waals surface area contributed by atoms with Crippen molar-refractivity contribution in [3.63, 3.8) is 0 Å². The van der Waals surface area contributed by atoms with Gasteiger partial charge in [0.15, 0.2) is 0 Å². The van der Waals surface area contributed by atoms with Crippen LogP contribution in [0.2, 0.25) is 0 Å². The van der Waals surface area contributed by atoms with E-state index in [-0.39, 0.29) is 19.1 Å². The molecule has 3 aromatic carbocycles. The Labute approximate surface area is 206 Å². The lowest BCUT2D eigenvalue weighted by Gasteiger charge is -2.49. The van der Waals surface area contributed by atoms with Gasteiger partial charge in [0.05, 0.1) is 35.4 Å². The lowest BCUT2D eigenvalue weighted by Crippen LogP contribution is -2.46. The Balaban J connectivity index is 1.61. The van der Waals surface area contributed by atoms with Crippen molar-refractivity contribution in [1.29, 1.82) is 0 Å². The van der Waals surface area contributed by atoms with E-state index in [0.29, 0.717) is 11.3 Å². The fraction of sp³-hybridized carbons (Fsp3) is 0.357. The third kappa shape index (κ3) is 4.90. The second-order valence-corrected chi connectivity index (χ2v) is 9.45. The molecule has 2 aliphatic rings. The van der Waals surface area contributed by atoms with E-state index in [9.17, 15) is 26.3 Å². The number of anilines is 2. The number of halogens is 6. The van der Waals surface area contributed by atoms with Crippen LogP contribution in [0.15, 0.2) is 72.8 Å². The summed E-state index contributed by atoms with van der Waals surface area (Å²) in [5, 5.41) is 0. The Morgan fingerprint density at radius 2 is 1.50 bits per heavy atom. The zero-order valence-corrected chi connectivity index (χ0v) is 19.5. The van der Waals surface area contributed by atoms with Crippen LogP contribution in [0.3, 0.4) is 0 Å². The predicted octanol–water partition coefficient (Wildman–Crippen LogP) is 8.10. The molecule has 36 heavy (non-hydrogen) atoms. The predicted molar refractivity (Wildman–Crippen MR) is 128 cm³/mol. The molecule has 1 heterocycles. The zero-order valence-electron chi connectivity index (χ0n) is 19.5. The molecule has 0 N–H and O–H groups in total. The van der Waals surface area contributed by atoms with E-state index in [4.69, 9.17) is 0 Å². The molecule has 190 valence electrons. The van der Waals surface area contributed by atoms with E-state index in [2.05, 4.69) is 17.0 Å². The highest BCUT2D eigenvalue weighted by Gasteiger charge is 2.39. The minimum atomic E-state index is -4.54. The summed E-state index contributed by atoms with van der Waals surface area (Å²) in [7, 11) is 0. The number of alkyl halides is 6. The third-order valence-corrected chi connectivity index (χ3v) is 7.20. The second kappa shape index (κ2) is 9.37. The molecule has 0 fully saturated rings. The monoisotopic (exact) mass is 504 g/mol. The van der Waals surface area contributed by atoms with Crippen molar-refractivity contribution in [1.82, 2.24) is 0 Å². The highest BCUT2D eigenvalue weighted by molar-refractivity contribution is 5.75. The van der Waals surface area contributed by atoms with Crippen LogP contribution in [-0.4, -0.2) is 19.3 Å². The van der Waals surface area contributed by atoms with Gasteiger partial charge in [0.1, 0.15) is 0 Å². The molecule has 0 saturated heterocycles. The standard InChI is InChI=1S/C28H26F6N2/c29-27(30,31)15-16-35-24-12-3-4-13-25(24)36(23-14-6-8-19-7-1-2-11-22(19)23)18-26(35)20-9-5-10-21(17-20)28(32,33)34/h1-5,7,9-13,17,23,26H,6,8,14-16,18H2. The Morgan fingerprint density at radius 3 is 2.25 bits per heavy atom. The van der Waals surface area contributed by atoms with Crippen LogP contribution in [0.1, 0.15) is 53.6 Å². The number of hydrogen-bond donors (Lipinski definition) is 0. The van der Waals surface area contributed by atoms with Gasteiger partial charge in [-0.1, -0.05) is 48.5 Å². The minimum absolute atomic E-state index is 0.00540. The van der Waals surface area contributed by atoms with Crippen LogP contribution in [0.4, 0.5) is 37.7 Å². The summed E-state index contributed by atoms with van der Waals surface area (Å²) in [5.41, 5.74) is 3.38. The fourth-order valence-corrected chi connectivity index (χ4v) is 5.58. The van der Waals surface area contributed by atoms with Crippen molar-refractivity contribution in [2.45, 2.75) is 50.1 Å². The van der Waals surface area contributed by atoms with Crippen LogP contribution < -0.4 is 9.80 Å². The van der Waals surface area contributed by atoms with Gasteiger partial charge in [-0.15, -0.1) is 0 Å². The SMILES string of the molecule is FC(F)(F)CCN1c2ccccc2N(C2CCCc3ccccc32)CC1c1cccc(C(F)(F)F)c1. The topological polar surface area (TPSA) is 6.48 Å². The lowest BCUT2D eigenvalue weighted by atomic mass is 9.85. The van der Waals surface area contributed by atoms with Gasteiger partial charge in [0.25, 0.3) is 0 Å². The fourth-order valence-electron chi connectivity index (χ4n) is 5.58. The second-order valence-electron chi connectivity index (χ2n) is 9.45. The smallest absolute Gasteiger partial charge is 0.361 e. The number of nitrogens with zero attached hydrogens (tertiary/aromatic N) is 2. The average Bonchev–Trinajstić information content (AvgIpc) is 2.86. The normalized spacial score (nSPS) is 20.2. The van der Waals surface area contributed by atoms with E-state index < -0.39 is 30.4 Å². The molecule has 0 bridgehead atoms. The van der Waals surface area contributed by atoms with Gasteiger partial charge in [0, 0.05) is 13.1 Å². The number of aryl methyl sites for hydroxylation is 1. The summed E-state index contributed by atoms with van der Waals surface area (Å²) in [6, 6.07) is 19.8.